The van der Waals surface area contributed by atoms with Gasteiger partial charge in [0.2, 0.25) is 5.28 Å². The molecule has 15 heteroatoms. The molecule has 1 aromatic carbocycles. The number of nitrogens with one attached hydrogen (secondary N) is 1. The number of hydrogen-bond donors (Lipinski definition) is 3. The van der Waals surface area contributed by atoms with Crippen LogP contribution in [0.5, 0.6) is 5.75 Å². The number of anilines is 1. The van der Waals surface area contributed by atoms with E-state index in [1.807, 2.05) is 6.92 Å². The third-order valence-electron chi connectivity index (χ3n) is 5.93. The summed E-state index contributed by atoms with van der Waals surface area (Å²) in [6, 6.07) is 7.35. The lowest BCUT2D eigenvalue weighted by Crippen LogP contribution is -2.38. The first-order valence-corrected chi connectivity index (χ1v) is 14.0. The minimum absolute atomic E-state index is 0.0653. The van der Waals surface area contributed by atoms with Crippen molar-refractivity contribution in [3.05, 3.63) is 41.9 Å². The molecule has 1 aliphatic heterocycles. The maximum atomic E-state index is 14.0. The number of esters is 1. The number of para-hydroxylation sites is 1. The topological polar surface area (TPSA) is 173 Å². The molecule has 0 amide bonds. The molecule has 206 valence electrons. The number of imidazole rings is 1. The van der Waals surface area contributed by atoms with E-state index >= 15 is 0 Å². The Kier molecular flexibility index (Phi) is 8.86. The fourth-order valence-electron chi connectivity index (χ4n) is 3.82. The molecule has 0 spiro atoms. The molecule has 1 aliphatic rings. The summed E-state index contributed by atoms with van der Waals surface area (Å²) in [5.74, 6) is -0.256. The zero-order valence-corrected chi connectivity index (χ0v) is 22.7. The minimum atomic E-state index is -4.20. The van der Waals surface area contributed by atoms with Crippen LogP contribution in [0.15, 0.2) is 36.7 Å². The highest BCUT2D eigenvalue weighted by Crippen LogP contribution is 2.49. The average molecular weight is 569 g/mol. The number of fused-ring (bicyclic) bond motifs is 1. The number of hydrogen-bond acceptors (Lipinski definition) is 11. The molecule has 2 aromatic heterocycles. The van der Waals surface area contributed by atoms with E-state index in [0.29, 0.717) is 17.6 Å². The fraction of sp³-hybridized carbons (Fsp3) is 0.478. The van der Waals surface area contributed by atoms with Crippen LogP contribution in [0, 0.1) is 0 Å². The predicted octanol–water partition coefficient (Wildman–Crippen LogP) is 3.23. The lowest BCUT2D eigenvalue weighted by atomic mass is 10.2. The van der Waals surface area contributed by atoms with Crippen molar-refractivity contribution in [3.63, 3.8) is 0 Å². The highest BCUT2D eigenvalue weighted by Gasteiger charge is 2.44. The van der Waals surface area contributed by atoms with Crippen molar-refractivity contribution in [2.75, 3.05) is 12.3 Å². The number of aromatic nitrogens is 4. The van der Waals surface area contributed by atoms with Gasteiger partial charge in [-0.05, 0) is 44.0 Å². The van der Waals surface area contributed by atoms with E-state index in [1.54, 1.807) is 41.8 Å². The third-order valence-corrected chi connectivity index (χ3v) is 7.80. The lowest BCUT2D eigenvalue weighted by molar-refractivity contribution is -0.150. The largest absolute Gasteiger partial charge is 0.462 e. The third kappa shape index (κ3) is 6.42. The van der Waals surface area contributed by atoms with Gasteiger partial charge in [-0.3, -0.25) is 13.9 Å². The van der Waals surface area contributed by atoms with E-state index in [9.17, 15) is 14.5 Å². The molecule has 6 atom stereocenters. The molecule has 4 N–H and O–H groups in total. The number of nitrogens with zero attached hydrogens (tertiary/aromatic N) is 4. The van der Waals surface area contributed by atoms with E-state index in [0.717, 1.165) is 0 Å². The summed E-state index contributed by atoms with van der Waals surface area (Å²) in [6.45, 7) is 4.70. The van der Waals surface area contributed by atoms with Crippen LogP contribution < -0.4 is 15.3 Å². The number of aliphatic hydroxyl groups excluding tert-OH is 1. The predicted molar refractivity (Wildman–Crippen MR) is 138 cm³/mol. The number of benzene rings is 1. The summed E-state index contributed by atoms with van der Waals surface area (Å²) in [5.41, 5.74) is 6.56. The zero-order chi connectivity index (χ0) is 27.4. The van der Waals surface area contributed by atoms with Crippen molar-refractivity contribution >= 4 is 42.3 Å². The van der Waals surface area contributed by atoms with Gasteiger partial charge in [0, 0.05) is 6.42 Å². The van der Waals surface area contributed by atoms with Gasteiger partial charge in [0.1, 0.15) is 35.7 Å². The number of nitrogen functional groups attached to an aromatic ring is 1. The first kappa shape index (κ1) is 28.2. The van der Waals surface area contributed by atoms with Gasteiger partial charge < -0.3 is 24.8 Å². The summed E-state index contributed by atoms with van der Waals surface area (Å²) in [6.07, 6.45) is -0.615. The maximum absolute atomic E-state index is 14.0. The molecule has 3 aromatic rings. The first-order valence-electron chi connectivity index (χ1n) is 12.1. The number of carbonyl (C=O) groups excluding carboxylic acids is 1. The standard InChI is InChI=1S/C23H30ClN6O7P/c1-4-13(2)34-22(32)14(3)29-38(33,36-15-8-6-5-7-9-15)37-16-10-18(35-17(16)11-31)30-12-26-19-20(25)27-23(24)28-21(19)30/h5-9,12-14,16-18,31H,4,10-11H2,1-3H3,(H,29,33)(H2,25,27,28)/t13?,14-,16?,17+,18+,38?/m0/s1. The van der Waals surface area contributed by atoms with E-state index < -0.39 is 44.8 Å². The Morgan fingerprint density at radius 1 is 1.34 bits per heavy atom. The van der Waals surface area contributed by atoms with Gasteiger partial charge in [0.25, 0.3) is 0 Å². The van der Waals surface area contributed by atoms with Gasteiger partial charge >= 0.3 is 13.7 Å². The molecule has 0 bridgehead atoms. The number of carbonyl (C=O) groups is 1. The van der Waals surface area contributed by atoms with Crippen molar-refractivity contribution in [1.29, 1.82) is 0 Å². The molecule has 4 rings (SSSR count). The maximum Gasteiger partial charge on any atom is 0.459 e. The Bertz CT molecular complexity index is 1310. The van der Waals surface area contributed by atoms with Crippen molar-refractivity contribution < 1.29 is 33.0 Å². The quantitative estimate of drug-likeness (QED) is 0.175. The van der Waals surface area contributed by atoms with Crippen LogP contribution in [-0.2, 0) is 23.4 Å². The van der Waals surface area contributed by atoms with E-state index in [-0.39, 0.29) is 29.4 Å². The second-order valence-corrected chi connectivity index (χ2v) is 10.8. The Labute approximate surface area is 224 Å². The Morgan fingerprint density at radius 2 is 2.08 bits per heavy atom. The minimum Gasteiger partial charge on any atom is -0.462 e. The number of rotatable bonds is 11. The van der Waals surface area contributed by atoms with Crippen LogP contribution >= 0.6 is 19.3 Å². The van der Waals surface area contributed by atoms with Gasteiger partial charge in [-0.15, -0.1) is 0 Å². The van der Waals surface area contributed by atoms with Crippen molar-refractivity contribution in [2.24, 2.45) is 0 Å². The molecule has 1 fully saturated rings. The van der Waals surface area contributed by atoms with E-state index in [4.69, 9.17) is 35.9 Å². The van der Waals surface area contributed by atoms with Crippen LogP contribution in [-0.4, -0.2) is 61.6 Å². The average Bonchev–Trinajstić information content (AvgIpc) is 3.47. The molecule has 3 unspecified atom stereocenters. The van der Waals surface area contributed by atoms with Gasteiger partial charge in [0.15, 0.2) is 11.5 Å². The number of aliphatic hydroxyl groups is 1. The molecular formula is C23H30ClN6O7P. The van der Waals surface area contributed by atoms with Crippen molar-refractivity contribution in [1.82, 2.24) is 24.6 Å². The Balaban J connectivity index is 1.57. The summed E-state index contributed by atoms with van der Waals surface area (Å²) in [7, 11) is -4.20. The molecule has 3 heterocycles. The van der Waals surface area contributed by atoms with Crippen LogP contribution in [0.3, 0.4) is 0 Å². The first-order chi connectivity index (χ1) is 18.1. The molecule has 1 saturated heterocycles. The Morgan fingerprint density at radius 3 is 2.76 bits per heavy atom. The summed E-state index contributed by atoms with van der Waals surface area (Å²) in [4.78, 5) is 24.9. The summed E-state index contributed by atoms with van der Waals surface area (Å²) >= 11 is 5.97. The van der Waals surface area contributed by atoms with E-state index in [2.05, 4.69) is 20.0 Å². The molecule has 0 saturated carbocycles. The van der Waals surface area contributed by atoms with Crippen LogP contribution in [0.25, 0.3) is 11.2 Å². The number of ether oxygens (including phenoxy) is 2. The van der Waals surface area contributed by atoms with Crippen molar-refractivity contribution in [3.8, 4) is 5.75 Å². The van der Waals surface area contributed by atoms with Crippen molar-refractivity contribution in [2.45, 2.75) is 64.2 Å². The van der Waals surface area contributed by atoms with Crippen LogP contribution in [0.4, 0.5) is 5.82 Å². The Hall–Kier alpha value is -2.80. The highest BCUT2D eigenvalue weighted by atomic mass is 35.5. The molecule has 0 radical (unpaired) electrons. The zero-order valence-electron chi connectivity index (χ0n) is 21.1. The van der Waals surface area contributed by atoms with Gasteiger partial charge in [-0.2, -0.15) is 15.1 Å². The second kappa shape index (κ2) is 11.9. The SMILES string of the molecule is CCC(C)OC(=O)[C@H](C)NP(=O)(Oc1ccccc1)OC1C[C@H](n2cnc3c(N)nc(Cl)nc32)O[C@@H]1CO. The number of halogens is 1. The molecule has 38 heavy (non-hydrogen) atoms. The van der Waals surface area contributed by atoms with Gasteiger partial charge in [-0.1, -0.05) is 25.1 Å². The normalized spacial score (nSPS) is 22.6. The smallest absolute Gasteiger partial charge is 0.459 e. The monoisotopic (exact) mass is 568 g/mol. The second-order valence-electron chi connectivity index (χ2n) is 8.80. The van der Waals surface area contributed by atoms with Crippen LogP contribution in [0.1, 0.15) is 39.8 Å². The van der Waals surface area contributed by atoms with Gasteiger partial charge in [0.05, 0.1) is 19.0 Å². The highest BCUT2D eigenvalue weighted by molar-refractivity contribution is 7.52. The van der Waals surface area contributed by atoms with E-state index in [1.165, 1.54) is 13.3 Å². The lowest BCUT2D eigenvalue weighted by Gasteiger charge is -2.27. The number of nitrogens with two attached hydrogens (primary N) is 1. The molecular weight excluding hydrogens is 539 g/mol. The molecule has 0 aliphatic carbocycles. The molecule has 13 nitrogen and oxygen atoms in total. The van der Waals surface area contributed by atoms with Crippen LogP contribution in [0.2, 0.25) is 5.28 Å². The van der Waals surface area contributed by atoms with Gasteiger partial charge in [-0.25, -0.2) is 9.55 Å². The summed E-state index contributed by atoms with van der Waals surface area (Å²) in [5, 5.41) is 12.6. The summed E-state index contributed by atoms with van der Waals surface area (Å²) < 4.78 is 38.6. The fourth-order valence-corrected chi connectivity index (χ4v) is 5.70.